The minimum Gasteiger partial charge on any atom is -0.368 e. The number of piperazine rings is 1. The highest BCUT2D eigenvalue weighted by Crippen LogP contribution is 2.21. The van der Waals surface area contributed by atoms with Crippen LogP contribution in [0.4, 0.5) is 11.6 Å². The molecule has 27 heavy (non-hydrogen) atoms. The lowest BCUT2D eigenvalue weighted by molar-refractivity contribution is 0.0950. The van der Waals surface area contributed by atoms with Crippen molar-refractivity contribution < 1.29 is 4.79 Å². The summed E-state index contributed by atoms with van der Waals surface area (Å²) in [5.41, 5.74) is 1.61. The average Bonchev–Trinajstić information content (AvgIpc) is 2.68. The summed E-state index contributed by atoms with van der Waals surface area (Å²) in [6.07, 6.45) is 3.19. The number of nitrogens with one attached hydrogen (secondary N) is 1. The number of hydrogen-bond donors (Lipinski definition) is 1. The molecular formula is C19H25ClN6O. The highest BCUT2D eigenvalue weighted by molar-refractivity contribution is 6.30. The van der Waals surface area contributed by atoms with Gasteiger partial charge in [-0.1, -0.05) is 17.7 Å². The molecule has 1 amide bonds. The fourth-order valence-electron chi connectivity index (χ4n) is 2.93. The first-order valence-corrected chi connectivity index (χ1v) is 9.41. The van der Waals surface area contributed by atoms with Gasteiger partial charge >= 0.3 is 0 Å². The van der Waals surface area contributed by atoms with E-state index in [1.54, 1.807) is 12.4 Å². The lowest BCUT2D eigenvalue weighted by atomic mass is 10.2. The van der Waals surface area contributed by atoms with E-state index in [2.05, 4.69) is 31.2 Å². The Balaban J connectivity index is 1.53. The largest absolute Gasteiger partial charge is 0.368 e. The number of amides is 1. The van der Waals surface area contributed by atoms with Crippen molar-refractivity contribution in [2.45, 2.75) is 0 Å². The standard InChI is InChI=1S/C19H25ClN6O/c1-24(2)7-6-21-18(27)15-13-22-19(23-14-15)26-10-8-25(9-11-26)17-5-3-4-16(20)12-17/h3-5,12-14H,6-11H2,1-2H3,(H,21,27). The molecule has 0 unspecified atom stereocenters. The second-order valence-corrected chi connectivity index (χ2v) is 7.22. The normalized spacial score (nSPS) is 14.5. The molecular weight excluding hydrogens is 364 g/mol. The molecule has 0 aliphatic carbocycles. The van der Waals surface area contributed by atoms with E-state index in [1.165, 1.54) is 0 Å². The van der Waals surface area contributed by atoms with Crippen LogP contribution in [0.15, 0.2) is 36.7 Å². The van der Waals surface area contributed by atoms with Gasteiger partial charge in [-0.25, -0.2) is 9.97 Å². The Kier molecular flexibility index (Phi) is 6.47. The van der Waals surface area contributed by atoms with Crippen molar-refractivity contribution in [3.63, 3.8) is 0 Å². The summed E-state index contributed by atoms with van der Waals surface area (Å²) in [7, 11) is 3.94. The van der Waals surface area contributed by atoms with Gasteiger partial charge in [0.25, 0.3) is 5.91 Å². The zero-order valence-corrected chi connectivity index (χ0v) is 16.5. The maximum atomic E-state index is 12.1. The first-order chi connectivity index (χ1) is 13.0. The monoisotopic (exact) mass is 388 g/mol. The van der Waals surface area contributed by atoms with Gasteiger partial charge in [-0.2, -0.15) is 0 Å². The van der Waals surface area contributed by atoms with Crippen LogP contribution < -0.4 is 15.1 Å². The maximum Gasteiger partial charge on any atom is 0.254 e. The van der Waals surface area contributed by atoms with E-state index >= 15 is 0 Å². The quantitative estimate of drug-likeness (QED) is 0.813. The van der Waals surface area contributed by atoms with E-state index in [0.29, 0.717) is 18.1 Å². The van der Waals surface area contributed by atoms with Gasteiger partial charge in [0.15, 0.2) is 0 Å². The predicted molar refractivity (Wildman–Crippen MR) is 109 cm³/mol. The van der Waals surface area contributed by atoms with Crippen molar-refractivity contribution >= 4 is 29.1 Å². The van der Waals surface area contributed by atoms with Gasteiger partial charge in [0, 0.05) is 62.4 Å². The lowest BCUT2D eigenvalue weighted by Gasteiger charge is -2.36. The lowest BCUT2D eigenvalue weighted by Crippen LogP contribution is -2.47. The molecule has 1 aromatic heterocycles. The second kappa shape index (κ2) is 9.01. The van der Waals surface area contributed by atoms with Crippen LogP contribution in [0.2, 0.25) is 5.02 Å². The van der Waals surface area contributed by atoms with Crippen molar-refractivity contribution in [1.29, 1.82) is 0 Å². The van der Waals surface area contributed by atoms with Crippen LogP contribution in [0.3, 0.4) is 0 Å². The van der Waals surface area contributed by atoms with Crippen molar-refractivity contribution in [3.8, 4) is 0 Å². The van der Waals surface area contributed by atoms with Crippen LogP contribution in [-0.4, -0.2) is 74.1 Å². The molecule has 1 fully saturated rings. The SMILES string of the molecule is CN(C)CCNC(=O)c1cnc(N2CCN(c3cccc(Cl)c3)CC2)nc1. The van der Waals surface area contributed by atoms with Crippen LogP contribution in [0.1, 0.15) is 10.4 Å². The molecule has 0 saturated carbocycles. The van der Waals surface area contributed by atoms with Gasteiger partial charge in [-0.05, 0) is 32.3 Å². The van der Waals surface area contributed by atoms with Crippen molar-refractivity contribution in [1.82, 2.24) is 20.2 Å². The van der Waals surface area contributed by atoms with E-state index in [4.69, 9.17) is 11.6 Å². The Morgan fingerprint density at radius 2 is 1.81 bits per heavy atom. The van der Waals surface area contributed by atoms with Crippen molar-refractivity contribution in [2.24, 2.45) is 0 Å². The molecule has 0 spiro atoms. The van der Waals surface area contributed by atoms with Gasteiger partial charge in [-0.3, -0.25) is 4.79 Å². The van der Waals surface area contributed by atoms with E-state index in [9.17, 15) is 4.79 Å². The number of aromatic nitrogens is 2. The van der Waals surface area contributed by atoms with Crippen LogP contribution in [-0.2, 0) is 0 Å². The summed E-state index contributed by atoms with van der Waals surface area (Å²) in [4.78, 5) is 27.3. The Morgan fingerprint density at radius 3 is 2.44 bits per heavy atom. The summed E-state index contributed by atoms with van der Waals surface area (Å²) >= 11 is 6.08. The number of benzene rings is 1. The Bertz CT molecular complexity index is 759. The molecule has 8 heteroatoms. The third kappa shape index (κ3) is 5.30. The summed E-state index contributed by atoms with van der Waals surface area (Å²) in [6, 6.07) is 7.90. The predicted octanol–water partition coefficient (Wildman–Crippen LogP) is 1.75. The van der Waals surface area contributed by atoms with E-state index in [0.717, 1.165) is 43.4 Å². The highest BCUT2D eigenvalue weighted by atomic mass is 35.5. The zero-order valence-electron chi connectivity index (χ0n) is 15.7. The van der Waals surface area contributed by atoms with Gasteiger partial charge in [0.05, 0.1) is 5.56 Å². The van der Waals surface area contributed by atoms with Gasteiger partial charge < -0.3 is 20.0 Å². The summed E-state index contributed by atoms with van der Waals surface area (Å²) in [5.74, 6) is 0.514. The third-order valence-electron chi connectivity index (χ3n) is 4.48. The number of nitrogens with zero attached hydrogens (tertiary/aromatic N) is 5. The smallest absolute Gasteiger partial charge is 0.254 e. The molecule has 1 aliphatic heterocycles. The number of carbonyl (C=O) groups is 1. The average molecular weight is 389 g/mol. The van der Waals surface area contributed by atoms with Crippen molar-refractivity contribution in [3.05, 3.63) is 47.2 Å². The zero-order chi connectivity index (χ0) is 19.2. The minimum absolute atomic E-state index is 0.144. The molecule has 2 heterocycles. The third-order valence-corrected chi connectivity index (χ3v) is 4.72. The molecule has 2 aromatic rings. The maximum absolute atomic E-state index is 12.1. The molecule has 144 valence electrons. The summed E-state index contributed by atoms with van der Waals surface area (Å²) in [5, 5.41) is 3.61. The van der Waals surface area contributed by atoms with Gasteiger partial charge in [-0.15, -0.1) is 0 Å². The van der Waals surface area contributed by atoms with Crippen molar-refractivity contribution in [2.75, 3.05) is 63.2 Å². The van der Waals surface area contributed by atoms with Crippen LogP contribution in [0.25, 0.3) is 0 Å². The molecule has 0 radical (unpaired) electrons. The van der Waals surface area contributed by atoms with Gasteiger partial charge in [0.1, 0.15) is 0 Å². The fraction of sp³-hybridized carbons (Fsp3) is 0.421. The number of anilines is 2. The topological polar surface area (TPSA) is 64.6 Å². The molecule has 1 aromatic carbocycles. The van der Waals surface area contributed by atoms with Crippen LogP contribution in [0.5, 0.6) is 0 Å². The highest BCUT2D eigenvalue weighted by Gasteiger charge is 2.19. The number of halogens is 1. The van der Waals surface area contributed by atoms with E-state index < -0.39 is 0 Å². The van der Waals surface area contributed by atoms with Crippen LogP contribution in [0, 0.1) is 0 Å². The second-order valence-electron chi connectivity index (χ2n) is 6.78. The molecule has 7 nitrogen and oxygen atoms in total. The minimum atomic E-state index is -0.144. The molecule has 0 atom stereocenters. The Labute approximate surface area is 165 Å². The molecule has 1 aliphatic rings. The van der Waals surface area contributed by atoms with Gasteiger partial charge in [0.2, 0.25) is 5.95 Å². The molecule has 1 saturated heterocycles. The number of hydrogen-bond acceptors (Lipinski definition) is 6. The molecule has 0 bridgehead atoms. The fourth-order valence-corrected chi connectivity index (χ4v) is 3.12. The number of likely N-dealkylation sites (N-methyl/N-ethyl adjacent to an activating group) is 1. The molecule has 3 rings (SSSR count). The molecule has 1 N–H and O–H groups in total. The van der Waals surface area contributed by atoms with E-state index in [-0.39, 0.29) is 5.91 Å². The first-order valence-electron chi connectivity index (χ1n) is 9.03. The first kappa shape index (κ1) is 19.4. The Morgan fingerprint density at radius 1 is 1.15 bits per heavy atom. The van der Waals surface area contributed by atoms with E-state index in [1.807, 2.05) is 37.2 Å². The summed E-state index contributed by atoms with van der Waals surface area (Å²) < 4.78 is 0. The summed E-state index contributed by atoms with van der Waals surface area (Å²) in [6.45, 7) is 4.77. The number of carbonyl (C=O) groups excluding carboxylic acids is 1. The number of rotatable bonds is 6. The Hall–Kier alpha value is -2.38. The van der Waals surface area contributed by atoms with Crippen LogP contribution >= 0.6 is 11.6 Å².